The molecule has 0 bridgehead atoms. The molecule has 2 rings (SSSR count). The fourth-order valence-corrected chi connectivity index (χ4v) is 2.43. The number of esters is 1. The van der Waals surface area contributed by atoms with Crippen LogP contribution in [0.3, 0.4) is 0 Å². The maximum atomic E-state index is 11.6. The molecule has 0 amide bonds. The number of ether oxygens (including phenoxy) is 1. The van der Waals surface area contributed by atoms with Crippen molar-refractivity contribution in [2.45, 2.75) is 45.6 Å². The minimum Gasteiger partial charge on any atom is -0.464 e. The summed E-state index contributed by atoms with van der Waals surface area (Å²) in [5.74, 6) is 0.0748. The lowest BCUT2D eigenvalue weighted by atomic mass is 9.75. The third kappa shape index (κ3) is 3.43. The lowest BCUT2D eigenvalue weighted by Gasteiger charge is -2.34. The van der Waals surface area contributed by atoms with Gasteiger partial charge in [0.25, 0.3) is 0 Å². The van der Waals surface area contributed by atoms with Gasteiger partial charge in [-0.3, -0.25) is 0 Å². The van der Waals surface area contributed by atoms with Gasteiger partial charge in [0.2, 0.25) is 0 Å². The number of hydrogen-bond acceptors (Lipinski definition) is 5. The summed E-state index contributed by atoms with van der Waals surface area (Å²) in [6.07, 6.45) is 7.62. The van der Waals surface area contributed by atoms with Crippen LogP contribution in [0.1, 0.15) is 50.0 Å². The summed E-state index contributed by atoms with van der Waals surface area (Å²) in [5, 5.41) is 3.33. The molecule has 5 heteroatoms. The van der Waals surface area contributed by atoms with Crippen molar-refractivity contribution < 1.29 is 9.53 Å². The Morgan fingerprint density at radius 2 is 1.95 bits per heavy atom. The minimum absolute atomic E-state index is 0.259. The first-order valence-corrected chi connectivity index (χ1v) is 6.68. The van der Waals surface area contributed by atoms with Crippen LogP contribution in [0.2, 0.25) is 0 Å². The molecule has 0 radical (unpaired) electrons. The zero-order valence-corrected chi connectivity index (χ0v) is 11.8. The first-order valence-electron chi connectivity index (χ1n) is 6.68. The van der Waals surface area contributed by atoms with Gasteiger partial charge in [-0.25, -0.2) is 14.8 Å². The maximum Gasteiger partial charge on any atom is 0.360 e. The quantitative estimate of drug-likeness (QED) is 0.849. The highest BCUT2D eigenvalue weighted by Gasteiger charge is 2.27. The largest absolute Gasteiger partial charge is 0.464 e. The molecule has 1 aromatic rings. The van der Waals surface area contributed by atoms with Crippen LogP contribution in [-0.2, 0) is 4.74 Å². The van der Waals surface area contributed by atoms with Crippen LogP contribution in [0.15, 0.2) is 12.4 Å². The van der Waals surface area contributed by atoms with E-state index in [1.807, 2.05) is 0 Å². The molecule has 0 atom stereocenters. The van der Waals surface area contributed by atoms with Crippen molar-refractivity contribution in [1.82, 2.24) is 9.97 Å². The summed E-state index contributed by atoms with van der Waals surface area (Å²) in [6.45, 7) is 4.59. The van der Waals surface area contributed by atoms with E-state index in [2.05, 4.69) is 29.1 Å². The Labute approximate surface area is 113 Å². The van der Waals surface area contributed by atoms with Gasteiger partial charge < -0.3 is 10.1 Å². The first kappa shape index (κ1) is 13.8. The molecular weight excluding hydrogens is 242 g/mol. The number of methoxy groups -OCH3 is 1. The van der Waals surface area contributed by atoms with Gasteiger partial charge in [0.05, 0.1) is 7.11 Å². The van der Waals surface area contributed by atoms with Gasteiger partial charge >= 0.3 is 5.97 Å². The van der Waals surface area contributed by atoms with E-state index in [4.69, 9.17) is 4.74 Å². The van der Waals surface area contributed by atoms with Gasteiger partial charge in [-0.15, -0.1) is 0 Å². The highest BCUT2D eigenvalue weighted by Crippen LogP contribution is 2.36. The molecule has 1 aliphatic rings. The molecule has 1 aliphatic carbocycles. The normalized spacial score (nSPS) is 18.9. The van der Waals surface area contributed by atoms with Crippen LogP contribution in [0.25, 0.3) is 0 Å². The lowest BCUT2D eigenvalue weighted by Crippen LogP contribution is -2.31. The van der Waals surface area contributed by atoms with Crippen LogP contribution in [0.5, 0.6) is 0 Å². The number of hydrogen-bond donors (Lipinski definition) is 1. The molecule has 1 saturated carbocycles. The van der Waals surface area contributed by atoms with E-state index >= 15 is 0 Å². The van der Waals surface area contributed by atoms with Crippen molar-refractivity contribution in [3.05, 3.63) is 18.1 Å². The number of nitrogens with zero attached hydrogens (tertiary/aromatic N) is 2. The van der Waals surface area contributed by atoms with Gasteiger partial charge in [-0.1, -0.05) is 13.8 Å². The van der Waals surface area contributed by atoms with E-state index in [1.54, 1.807) is 6.20 Å². The number of carbonyl (C=O) groups excluding carboxylic acids is 1. The maximum absolute atomic E-state index is 11.6. The summed E-state index contributed by atoms with van der Waals surface area (Å²) in [4.78, 5) is 19.9. The second-order valence-corrected chi connectivity index (χ2v) is 5.83. The molecule has 0 saturated heterocycles. The van der Waals surface area contributed by atoms with Gasteiger partial charge in [0.1, 0.15) is 0 Å². The van der Waals surface area contributed by atoms with Crippen molar-refractivity contribution in [2.24, 2.45) is 5.41 Å². The van der Waals surface area contributed by atoms with Crippen LogP contribution in [0.4, 0.5) is 5.82 Å². The van der Waals surface area contributed by atoms with Crippen LogP contribution < -0.4 is 5.32 Å². The minimum atomic E-state index is -0.452. The molecule has 1 aromatic heterocycles. The predicted molar refractivity (Wildman–Crippen MR) is 73.0 cm³/mol. The molecule has 0 unspecified atom stereocenters. The molecule has 0 aromatic carbocycles. The molecular formula is C14H21N3O2. The number of anilines is 1. The summed E-state index contributed by atoms with van der Waals surface area (Å²) in [7, 11) is 1.35. The third-order valence-electron chi connectivity index (χ3n) is 3.76. The first-order chi connectivity index (χ1) is 9.02. The molecule has 1 heterocycles. The zero-order valence-electron chi connectivity index (χ0n) is 11.8. The van der Waals surface area contributed by atoms with Crippen LogP contribution in [-0.4, -0.2) is 29.1 Å². The lowest BCUT2D eigenvalue weighted by molar-refractivity contribution is 0.0594. The van der Waals surface area contributed by atoms with Crippen molar-refractivity contribution in [3.8, 4) is 0 Å². The molecule has 5 nitrogen and oxygen atoms in total. The van der Waals surface area contributed by atoms with E-state index in [9.17, 15) is 4.79 Å². The Morgan fingerprint density at radius 1 is 1.32 bits per heavy atom. The average molecular weight is 263 g/mol. The Bertz CT molecular complexity index is 450. The van der Waals surface area contributed by atoms with E-state index in [1.165, 1.54) is 26.1 Å². The van der Waals surface area contributed by atoms with E-state index < -0.39 is 5.97 Å². The Hall–Kier alpha value is -1.65. The summed E-state index contributed by atoms with van der Waals surface area (Å²) in [5.41, 5.74) is 0.681. The number of rotatable bonds is 3. The Morgan fingerprint density at radius 3 is 2.58 bits per heavy atom. The molecule has 19 heavy (non-hydrogen) atoms. The van der Waals surface area contributed by atoms with Crippen molar-refractivity contribution in [2.75, 3.05) is 12.4 Å². The fraction of sp³-hybridized carbons (Fsp3) is 0.643. The summed E-state index contributed by atoms with van der Waals surface area (Å²) in [6, 6.07) is 0.355. The van der Waals surface area contributed by atoms with E-state index in [-0.39, 0.29) is 5.69 Å². The highest BCUT2D eigenvalue weighted by molar-refractivity contribution is 5.92. The molecule has 0 aliphatic heterocycles. The highest BCUT2D eigenvalue weighted by atomic mass is 16.5. The van der Waals surface area contributed by atoms with Crippen molar-refractivity contribution in [1.29, 1.82) is 0 Å². The molecule has 1 fully saturated rings. The third-order valence-corrected chi connectivity index (χ3v) is 3.76. The van der Waals surface area contributed by atoms with Gasteiger partial charge in [-0.2, -0.15) is 0 Å². The topological polar surface area (TPSA) is 64.1 Å². The zero-order chi connectivity index (χ0) is 13.9. The average Bonchev–Trinajstić information content (AvgIpc) is 2.41. The summed E-state index contributed by atoms with van der Waals surface area (Å²) >= 11 is 0. The number of aromatic nitrogens is 2. The molecule has 1 N–H and O–H groups in total. The molecule has 104 valence electrons. The number of carbonyl (C=O) groups is 1. The summed E-state index contributed by atoms with van der Waals surface area (Å²) < 4.78 is 4.72. The standard InChI is InChI=1S/C14H21N3O2/c1-14(2)6-4-10(5-7-14)17-12-11(13(18)19-3)15-8-9-16-12/h8-10H,4-7H2,1-3H3,(H,16,17). The SMILES string of the molecule is COC(=O)c1nccnc1NC1CCC(C)(C)CC1. The van der Waals surface area contributed by atoms with Gasteiger partial charge in [-0.05, 0) is 31.1 Å². The molecule has 0 spiro atoms. The Kier molecular flexibility index (Phi) is 4.02. The van der Waals surface area contributed by atoms with Crippen molar-refractivity contribution in [3.63, 3.8) is 0 Å². The van der Waals surface area contributed by atoms with Crippen LogP contribution >= 0.6 is 0 Å². The van der Waals surface area contributed by atoms with Gasteiger partial charge in [0.15, 0.2) is 11.5 Å². The van der Waals surface area contributed by atoms with E-state index in [0.29, 0.717) is 17.3 Å². The smallest absolute Gasteiger partial charge is 0.360 e. The van der Waals surface area contributed by atoms with E-state index in [0.717, 1.165) is 12.8 Å². The van der Waals surface area contributed by atoms with Gasteiger partial charge in [0, 0.05) is 18.4 Å². The second-order valence-electron chi connectivity index (χ2n) is 5.83. The van der Waals surface area contributed by atoms with Crippen LogP contribution in [0, 0.1) is 5.41 Å². The second kappa shape index (κ2) is 5.55. The number of nitrogens with one attached hydrogen (secondary N) is 1. The monoisotopic (exact) mass is 263 g/mol. The predicted octanol–water partition coefficient (Wildman–Crippen LogP) is 2.64. The van der Waals surface area contributed by atoms with Crippen molar-refractivity contribution >= 4 is 11.8 Å². The fourth-order valence-electron chi connectivity index (χ4n) is 2.43. The Balaban J connectivity index is 2.06.